The first-order chi connectivity index (χ1) is 15.4. The van der Waals surface area contributed by atoms with Gasteiger partial charge in [-0.1, -0.05) is 15.9 Å². The molecule has 4 aliphatic heterocycles. The van der Waals surface area contributed by atoms with Crippen molar-refractivity contribution in [1.29, 1.82) is 0 Å². The first kappa shape index (κ1) is 19.6. The molecule has 2 aromatic rings. The fourth-order valence-electron chi connectivity index (χ4n) is 6.15. The Morgan fingerprint density at radius 3 is 2.56 bits per heavy atom. The Balaban J connectivity index is 1.51. The minimum Gasteiger partial charge on any atom is -0.324 e. The van der Waals surface area contributed by atoms with E-state index in [1.807, 2.05) is 12.1 Å². The normalized spacial score (nSPS) is 30.6. The van der Waals surface area contributed by atoms with Crippen molar-refractivity contribution in [3.8, 4) is 0 Å². The van der Waals surface area contributed by atoms with Gasteiger partial charge in [0, 0.05) is 33.9 Å². The number of benzene rings is 2. The number of non-ortho nitro benzene ring substituents is 1. The summed E-state index contributed by atoms with van der Waals surface area (Å²) in [4.78, 5) is 54.6. The zero-order chi connectivity index (χ0) is 22.4. The molecular weight excluding hydrogens is 480 g/mol. The van der Waals surface area contributed by atoms with E-state index in [0.717, 1.165) is 22.2 Å². The van der Waals surface area contributed by atoms with E-state index in [4.69, 9.17) is 0 Å². The third kappa shape index (κ3) is 2.23. The van der Waals surface area contributed by atoms with Crippen molar-refractivity contribution < 1.29 is 19.3 Å². The fourth-order valence-corrected chi connectivity index (χ4v) is 6.51. The van der Waals surface area contributed by atoms with Gasteiger partial charge in [-0.3, -0.25) is 29.4 Å². The number of carbonyl (C=O) groups excluding carboxylic acids is 3. The molecule has 10 heteroatoms. The Morgan fingerprint density at radius 1 is 1.09 bits per heavy atom. The van der Waals surface area contributed by atoms with Crippen LogP contribution in [-0.4, -0.2) is 40.1 Å². The van der Waals surface area contributed by atoms with Gasteiger partial charge in [-0.25, -0.2) is 4.90 Å². The number of fused-ring (bicyclic) bond motifs is 7. The second-order valence-corrected chi connectivity index (χ2v) is 9.52. The lowest BCUT2D eigenvalue weighted by Crippen LogP contribution is -2.54. The van der Waals surface area contributed by atoms with Crippen molar-refractivity contribution in [2.75, 3.05) is 16.8 Å². The van der Waals surface area contributed by atoms with Gasteiger partial charge in [0.15, 0.2) is 0 Å². The zero-order valence-electron chi connectivity index (χ0n) is 16.7. The smallest absolute Gasteiger partial charge is 0.269 e. The van der Waals surface area contributed by atoms with Crippen LogP contribution >= 0.6 is 15.9 Å². The van der Waals surface area contributed by atoms with Crippen molar-refractivity contribution in [3.05, 3.63) is 62.6 Å². The van der Waals surface area contributed by atoms with E-state index in [2.05, 4.69) is 26.1 Å². The summed E-state index contributed by atoms with van der Waals surface area (Å²) in [6, 6.07) is 10.6. The van der Waals surface area contributed by atoms with Crippen molar-refractivity contribution in [2.45, 2.75) is 24.4 Å². The van der Waals surface area contributed by atoms with Crippen LogP contribution in [0, 0.1) is 22.0 Å². The van der Waals surface area contributed by atoms with Crippen LogP contribution in [0.2, 0.25) is 0 Å². The highest BCUT2D eigenvalue weighted by Gasteiger charge is 2.74. The van der Waals surface area contributed by atoms with Gasteiger partial charge in [-0.15, -0.1) is 0 Å². The van der Waals surface area contributed by atoms with E-state index in [1.165, 1.54) is 24.3 Å². The Bertz CT molecular complexity index is 1230. The third-order valence-corrected chi connectivity index (χ3v) is 7.77. The first-order valence-electron chi connectivity index (χ1n) is 10.4. The summed E-state index contributed by atoms with van der Waals surface area (Å²) < 4.78 is 0.787. The molecule has 0 saturated carbocycles. The zero-order valence-corrected chi connectivity index (χ0v) is 18.2. The maximum Gasteiger partial charge on any atom is 0.269 e. The number of rotatable bonds is 2. The Hall–Kier alpha value is -3.11. The molecule has 0 aliphatic carbocycles. The van der Waals surface area contributed by atoms with E-state index in [9.17, 15) is 24.5 Å². The molecule has 6 rings (SSSR count). The topological polar surface area (TPSA) is 113 Å². The fraction of sp³-hybridized carbons (Fsp3) is 0.318. The van der Waals surface area contributed by atoms with E-state index in [0.29, 0.717) is 17.8 Å². The number of nitrogens with zero attached hydrogens (tertiary/aromatic N) is 3. The number of nitrogens with one attached hydrogen (secondary N) is 1. The molecule has 0 aromatic heterocycles. The average molecular weight is 497 g/mol. The van der Waals surface area contributed by atoms with Gasteiger partial charge in [0.25, 0.3) is 5.69 Å². The lowest BCUT2D eigenvalue weighted by atomic mass is 9.75. The number of imide groups is 1. The Morgan fingerprint density at radius 2 is 1.84 bits per heavy atom. The van der Waals surface area contributed by atoms with Crippen molar-refractivity contribution in [1.82, 2.24) is 4.90 Å². The van der Waals surface area contributed by atoms with Crippen molar-refractivity contribution in [3.63, 3.8) is 0 Å². The van der Waals surface area contributed by atoms with Crippen LogP contribution < -0.4 is 10.2 Å². The van der Waals surface area contributed by atoms with Crippen molar-refractivity contribution in [2.24, 2.45) is 11.8 Å². The minimum absolute atomic E-state index is 0.125. The number of amides is 3. The van der Waals surface area contributed by atoms with Crippen LogP contribution in [-0.2, 0) is 19.9 Å². The summed E-state index contributed by atoms with van der Waals surface area (Å²) in [7, 11) is 0. The van der Waals surface area contributed by atoms with Crippen LogP contribution in [0.15, 0.2) is 46.9 Å². The van der Waals surface area contributed by atoms with E-state index in [1.54, 1.807) is 6.07 Å². The monoisotopic (exact) mass is 496 g/mol. The van der Waals surface area contributed by atoms with Crippen LogP contribution in [0.5, 0.6) is 0 Å². The van der Waals surface area contributed by atoms with Crippen molar-refractivity contribution >= 4 is 50.7 Å². The summed E-state index contributed by atoms with van der Waals surface area (Å²) >= 11 is 3.48. The summed E-state index contributed by atoms with van der Waals surface area (Å²) in [5.74, 6) is -2.57. The first-order valence-corrected chi connectivity index (χ1v) is 11.2. The summed E-state index contributed by atoms with van der Waals surface area (Å²) in [5, 5.41) is 13.9. The highest BCUT2D eigenvalue weighted by atomic mass is 79.9. The summed E-state index contributed by atoms with van der Waals surface area (Å²) in [5.41, 5.74) is 0.280. The second-order valence-electron chi connectivity index (χ2n) is 8.60. The standard InChI is InChI=1S/C22H17BrN4O5/c23-11-3-8-15-14(10-11)22(21(30)24-15)18-17(16-2-1-9-25(16)22)19(28)26(20(18)29)12-4-6-13(7-5-12)27(31)32/h3-8,10,16-18H,1-2,9H2,(H,24,30)/t16-,17+,18+,22+/m0/s1. The predicted molar refractivity (Wildman–Crippen MR) is 117 cm³/mol. The predicted octanol–water partition coefficient (Wildman–Crippen LogP) is 2.79. The molecule has 3 amide bonds. The molecule has 162 valence electrons. The number of carbonyl (C=O) groups is 3. The molecule has 1 N–H and O–H groups in total. The highest BCUT2D eigenvalue weighted by molar-refractivity contribution is 9.10. The van der Waals surface area contributed by atoms with Crippen LogP contribution in [0.1, 0.15) is 18.4 Å². The summed E-state index contributed by atoms with van der Waals surface area (Å²) in [6.45, 7) is 0.634. The lowest BCUT2D eigenvalue weighted by Gasteiger charge is -2.36. The Kier molecular flexibility index (Phi) is 3.95. The van der Waals surface area contributed by atoms with Crippen LogP contribution in [0.4, 0.5) is 17.1 Å². The maximum absolute atomic E-state index is 13.8. The van der Waals surface area contributed by atoms with E-state index in [-0.39, 0.29) is 29.2 Å². The van der Waals surface area contributed by atoms with Gasteiger partial charge < -0.3 is 5.32 Å². The number of hydrogen-bond acceptors (Lipinski definition) is 6. The number of nitro groups is 1. The quantitative estimate of drug-likeness (QED) is 0.388. The molecule has 2 aromatic carbocycles. The molecule has 0 bridgehead atoms. The molecule has 3 saturated heterocycles. The second kappa shape index (κ2) is 6.46. The SMILES string of the molecule is O=C1[C@@H]2[C@@H]3CCCN3[C@@]3(C(=O)Nc4ccc(Br)cc43)[C@H]2C(=O)N1c1ccc([N+](=O)[O-])cc1. The molecule has 4 atom stereocenters. The molecule has 4 aliphatic rings. The van der Waals surface area contributed by atoms with Gasteiger partial charge in [0.05, 0.1) is 22.4 Å². The molecule has 1 spiro atoms. The van der Waals surface area contributed by atoms with Gasteiger partial charge in [0.1, 0.15) is 5.54 Å². The molecule has 9 nitrogen and oxygen atoms in total. The van der Waals surface area contributed by atoms with Crippen LogP contribution in [0.25, 0.3) is 0 Å². The summed E-state index contributed by atoms with van der Waals surface area (Å²) in [6.07, 6.45) is 1.57. The number of nitro benzene ring substituents is 1. The average Bonchev–Trinajstić information content (AvgIpc) is 3.47. The molecular formula is C22H17BrN4O5. The molecule has 3 fully saturated rings. The highest BCUT2D eigenvalue weighted by Crippen LogP contribution is 2.60. The molecule has 32 heavy (non-hydrogen) atoms. The van der Waals surface area contributed by atoms with Gasteiger partial charge in [-0.2, -0.15) is 0 Å². The Labute approximate surface area is 190 Å². The van der Waals surface area contributed by atoms with Gasteiger partial charge in [-0.05, 0) is 49.7 Å². The molecule has 0 unspecified atom stereocenters. The third-order valence-electron chi connectivity index (χ3n) is 7.27. The van der Waals surface area contributed by atoms with Gasteiger partial charge in [0.2, 0.25) is 17.7 Å². The minimum atomic E-state index is -1.24. The lowest BCUT2D eigenvalue weighted by molar-refractivity contribution is -0.384. The maximum atomic E-state index is 13.8. The molecule has 0 radical (unpaired) electrons. The molecule has 4 heterocycles. The number of hydrogen-bond donors (Lipinski definition) is 1. The number of halogens is 1. The largest absolute Gasteiger partial charge is 0.324 e. The van der Waals surface area contributed by atoms with E-state index < -0.39 is 28.2 Å². The van der Waals surface area contributed by atoms with E-state index >= 15 is 0 Å². The number of anilines is 2. The van der Waals surface area contributed by atoms with Gasteiger partial charge >= 0.3 is 0 Å². The van der Waals surface area contributed by atoms with Crippen LogP contribution in [0.3, 0.4) is 0 Å².